The second-order valence-electron chi connectivity index (χ2n) is 9.39. The minimum absolute atomic E-state index is 0. The fraction of sp³-hybridized carbons (Fsp3) is 0.323. The van der Waals surface area contributed by atoms with Crippen molar-refractivity contribution in [1.82, 2.24) is 4.90 Å². The van der Waals surface area contributed by atoms with Gasteiger partial charge in [-0.3, -0.25) is 4.79 Å². The maximum Gasteiger partial charge on any atom is 0.196 e. The third-order valence-corrected chi connectivity index (χ3v) is 6.68. The van der Waals surface area contributed by atoms with Gasteiger partial charge in [-0.1, -0.05) is 48.9 Å². The first-order chi connectivity index (χ1) is 17.7. The quantitative estimate of drug-likeness (QED) is 0.235. The van der Waals surface area contributed by atoms with Crippen LogP contribution >= 0.6 is 12.4 Å². The van der Waals surface area contributed by atoms with Crippen molar-refractivity contribution in [2.24, 2.45) is 0 Å². The highest BCUT2D eigenvalue weighted by Gasteiger charge is 2.24. The highest BCUT2D eigenvalue weighted by atomic mass is 35.5. The van der Waals surface area contributed by atoms with Crippen molar-refractivity contribution in [2.75, 3.05) is 32.8 Å². The van der Waals surface area contributed by atoms with Crippen LogP contribution in [-0.2, 0) is 6.61 Å². The number of hydrogen-bond donors (Lipinski definition) is 0. The average Bonchev–Trinajstić information content (AvgIpc) is 2.93. The molecule has 194 valence electrons. The van der Waals surface area contributed by atoms with E-state index in [1.54, 1.807) is 12.1 Å². The van der Waals surface area contributed by atoms with Gasteiger partial charge in [0.1, 0.15) is 30.5 Å². The molecule has 0 radical (unpaired) electrons. The van der Waals surface area contributed by atoms with Crippen LogP contribution in [0.4, 0.5) is 0 Å². The number of Topliss-reactive ketones (excluding diaryl/α,β-unsaturated/α-hetero) is 1. The number of ketones is 1. The third-order valence-electron chi connectivity index (χ3n) is 6.68. The lowest BCUT2D eigenvalue weighted by molar-refractivity contribution is 0.100. The molecule has 2 heterocycles. The highest BCUT2D eigenvalue weighted by Crippen LogP contribution is 2.32. The van der Waals surface area contributed by atoms with E-state index in [-0.39, 0.29) is 24.8 Å². The van der Waals surface area contributed by atoms with Gasteiger partial charge >= 0.3 is 0 Å². The molecule has 5 nitrogen and oxygen atoms in total. The fourth-order valence-corrected chi connectivity index (χ4v) is 4.66. The van der Waals surface area contributed by atoms with Gasteiger partial charge in [0.05, 0.1) is 12.2 Å². The Labute approximate surface area is 225 Å². The zero-order valence-electron chi connectivity index (χ0n) is 21.1. The van der Waals surface area contributed by atoms with Gasteiger partial charge in [0, 0.05) is 18.2 Å². The summed E-state index contributed by atoms with van der Waals surface area (Å²) in [6.07, 6.45) is 6.94. The molecule has 0 saturated carbocycles. The monoisotopic (exact) mass is 519 g/mol. The highest BCUT2D eigenvalue weighted by molar-refractivity contribution is 6.14. The molecule has 0 aliphatic carbocycles. The molecular formula is C31H34ClNO4. The van der Waals surface area contributed by atoms with Crippen molar-refractivity contribution < 1.29 is 19.0 Å². The van der Waals surface area contributed by atoms with Crippen molar-refractivity contribution in [3.8, 4) is 17.2 Å². The van der Waals surface area contributed by atoms with Crippen LogP contribution in [0.1, 0.15) is 47.2 Å². The smallest absolute Gasteiger partial charge is 0.196 e. The number of hydrogen-bond acceptors (Lipinski definition) is 5. The Morgan fingerprint density at radius 3 is 2.41 bits per heavy atom. The number of ether oxygens (including phenoxy) is 3. The summed E-state index contributed by atoms with van der Waals surface area (Å²) in [5.41, 5.74) is 3.24. The molecule has 0 unspecified atom stereocenters. The summed E-state index contributed by atoms with van der Waals surface area (Å²) in [6, 6.07) is 23.3. The van der Waals surface area contributed by atoms with Crippen LogP contribution in [0.15, 0.2) is 78.4 Å². The number of carbonyl (C=O) groups is 1. The number of fused-ring (bicyclic) bond motifs is 1. The Hall–Kier alpha value is -3.28. The van der Waals surface area contributed by atoms with Crippen molar-refractivity contribution >= 4 is 24.3 Å². The molecule has 1 fully saturated rings. The van der Waals surface area contributed by atoms with E-state index in [2.05, 4.69) is 4.90 Å². The van der Waals surface area contributed by atoms with Gasteiger partial charge in [0.15, 0.2) is 5.78 Å². The number of halogens is 1. The zero-order chi connectivity index (χ0) is 24.6. The maximum atomic E-state index is 13.1. The van der Waals surface area contributed by atoms with E-state index >= 15 is 0 Å². The zero-order valence-corrected chi connectivity index (χ0v) is 21.9. The van der Waals surface area contributed by atoms with E-state index in [1.807, 2.05) is 66.7 Å². The number of piperidine rings is 1. The molecule has 3 aromatic carbocycles. The normalized spacial score (nSPS) is 16.4. The minimum atomic E-state index is -0.0103. The molecule has 3 aromatic rings. The number of benzene rings is 3. The van der Waals surface area contributed by atoms with Gasteiger partial charge in [-0.2, -0.15) is 0 Å². The molecule has 6 heteroatoms. The van der Waals surface area contributed by atoms with E-state index in [0.29, 0.717) is 29.2 Å². The predicted octanol–water partition coefficient (Wildman–Crippen LogP) is 6.60. The van der Waals surface area contributed by atoms with E-state index in [4.69, 9.17) is 14.2 Å². The maximum absolute atomic E-state index is 13.1. The lowest BCUT2D eigenvalue weighted by atomic mass is 9.98. The van der Waals surface area contributed by atoms with Gasteiger partial charge < -0.3 is 19.1 Å². The van der Waals surface area contributed by atoms with Gasteiger partial charge in [-0.05, 0) is 73.8 Å². The third kappa shape index (κ3) is 7.37. The van der Waals surface area contributed by atoms with Crippen LogP contribution in [0.3, 0.4) is 0 Å². The number of carbonyl (C=O) groups excluding carboxylic acids is 1. The molecule has 5 rings (SSSR count). The summed E-state index contributed by atoms with van der Waals surface area (Å²) in [4.78, 5) is 15.6. The van der Waals surface area contributed by atoms with E-state index < -0.39 is 0 Å². The summed E-state index contributed by atoms with van der Waals surface area (Å²) in [5.74, 6) is 2.10. The molecule has 0 atom stereocenters. The standard InChI is InChI=1S/C31H33NO4.ClH/c33-31-26(20-24-10-12-27(13-11-24)34-19-7-18-32-16-5-2-6-17-32)23-36-30-21-28(14-15-29(30)31)35-22-25-8-3-1-4-9-25;/h1,3-4,8-15,20-21H,2,5-7,16-19,22-23H2;1H/b26-20+;. The topological polar surface area (TPSA) is 48.0 Å². The Morgan fingerprint density at radius 1 is 0.865 bits per heavy atom. The molecule has 0 spiro atoms. The molecule has 37 heavy (non-hydrogen) atoms. The predicted molar refractivity (Wildman–Crippen MR) is 149 cm³/mol. The lowest BCUT2D eigenvalue weighted by Gasteiger charge is -2.26. The van der Waals surface area contributed by atoms with E-state index in [9.17, 15) is 4.79 Å². The molecule has 2 aliphatic rings. The second kappa shape index (κ2) is 13.3. The van der Waals surface area contributed by atoms with Crippen LogP contribution in [0.25, 0.3) is 6.08 Å². The molecule has 0 amide bonds. The first kappa shape index (κ1) is 26.8. The second-order valence-corrected chi connectivity index (χ2v) is 9.39. The van der Waals surface area contributed by atoms with Gasteiger partial charge in [-0.25, -0.2) is 0 Å². The van der Waals surface area contributed by atoms with Crippen molar-refractivity contribution in [3.63, 3.8) is 0 Å². The molecule has 0 aromatic heterocycles. The van der Waals surface area contributed by atoms with Crippen molar-refractivity contribution in [2.45, 2.75) is 32.3 Å². The van der Waals surface area contributed by atoms with E-state index in [1.165, 1.54) is 32.4 Å². The van der Waals surface area contributed by atoms with Crippen LogP contribution in [-0.4, -0.2) is 43.5 Å². The molecule has 2 aliphatic heterocycles. The van der Waals surface area contributed by atoms with Gasteiger partial charge in [0.25, 0.3) is 0 Å². The summed E-state index contributed by atoms with van der Waals surface area (Å²) < 4.78 is 17.7. The lowest BCUT2D eigenvalue weighted by Crippen LogP contribution is -2.31. The number of likely N-dealkylation sites (tertiary alicyclic amines) is 1. The number of rotatable bonds is 9. The fourth-order valence-electron chi connectivity index (χ4n) is 4.66. The van der Waals surface area contributed by atoms with Crippen LogP contribution < -0.4 is 14.2 Å². The van der Waals surface area contributed by atoms with E-state index in [0.717, 1.165) is 36.4 Å². The van der Waals surface area contributed by atoms with Gasteiger partial charge in [0.2, 0.25) is 0 Å². The first-order valence-corrected chi connectivity index (χ1v) is 12.9. The first-order valence-electron chi connectivity index (χ1n) is 12.9. The largest absolute Gasteiger partial charge is 0.494 e. The number of nitrogens with zero attached hydrogens (tertiary/aromatic N) is 1. The molecule has 0 bridgehead atoms. The van der Waals surface area contributed by atoms with Crippen LogP contribution in [0.2, 0.25) is 0 Å². The Morgan fingerprint density at radius 2 is 1.62 bits per heavy atom. The molecule has 0 N–H and O–H groups in total. The Bertz CT molecular complexity index is 1190. The van der Waals surface area contributed by atoms with Crippen molar-refractivity contribution in [3.05, 3.63) is 95.1 Å². The van der Waals surface area contributed by atoms with Gasteiger partial charge in [-0.15, -0.1) is 12.4 Å². The molecular weight excluding hydrogens is 486 g/mol. The summed E-state index contributed by atoms with van der Waals surface area (Å²) >= 11 is 0. The van der Waals surface area contributed by atoms with Crippen molar-refractivity contribution in [1.29, 1.82) is 0 Å². The summed E-state index contributed by atoms with van der Waals surface area (Å²) in [6.45, 7) is 4.98. The average molecular weight is 520 g/mol. The summed E-state index contributed by atoms with van der Waals surface area (Å²) in [7, 11) is 0. The van der Waals surface area contributed by atoms with Crippen LogP contribution in [0, 0.1) is 0 Å². The Balaban J connectivity index is 0.00000320. The SMILES string of the molecule is Cl.O=C1/C(=C/c2ccc(OCCCN3CCCCC3)cc2)COc2cc(OCc3ccccc3)ccc21. The molecule has 1 saturated heterocycles. The minimum Gasteiger partial charge on any atom is -0.494 e. The Kier molecular flexibility index (Phi) is 9.64. The summed E-state index contributed by atoms with van der Waals surface area (Å²) in [5, 5.41) is 0. The van der Waals surface area contributed by atoms with Crippen LogP contribution in [0.5, 0.6) is 17.2 Å².